The van der Waals surface area contributed by atoms with Gasteiger partial charge in [0.2, 0.25) is 5.91 Å². The van der Waals surface area contributed by atoms with Gasteiger partial charge in [0, 0.05) is 19.2 Å². The Morgan fingerprint density at radius 2 is 2.24 bits per heavy atom. The molecule has 1 N–H and O–H groups in total. The molecule has 1 aliphatic rings. The number of nitrogens with one attached hydrogen (secondary N) is 1. The molecule has 0 radical (unpaired) electrons. The highest BCUT2D eigenvalue weighted by Gasteiger charge is 2.25. The van der Waals surface area contributed by atoms with Gasteiger partial charge in [-0.3, -0.25) is 14.5 Å². The first kappa shape index (κ1) is 17.4. The Bertz CT molecular complexity index is 473. The van der Waals surface area contributed by atoms with Crippen LogP contribution in [0, 0.1) is 0 Å². The van der Waals surface area contributed by atoms with Gasteiger partial charge in [-0.2, -0.15) is 0 Å². The van der Waals surface area contributed by atoms with Crippen LogP contribution in [0.25, 0.3) is 0 Å². The molecule has 0 aliphatic carbocycles. The molecule has 0 aromatic carbocycles. The molecule has 0 saturated carbocycles. The second-order valence-corrected chi connectivity index (χ2v) is 5.55. The van der Waals surface area contributed by atoms with E-state index in [2.05, 4.69) is 5.32 Å². The molecule has 1 saturated heterocycles. The number of nitrogens with zero attached hydrogens (tertiary/aromatic N) is 1. The van der Waals surface area contributed by atoms with Crippen molar-refractivity contribution in [1.82, 2.24) is 10.2 Å². The highest BCUT2D eigenvalue weighted by molar-refractivity contribution is 8.23. The second-order valence-electron chi connectivity index (χ2n) is 3.94. The number of hydrogen-bond acceptors (Lipinski definition) is 6. The van der Waals surface area contributed by atoms with Crippen molar-refractivity contribution in [3.05, 3.63) is 24.3 Å². The summed E-state index contributed by atoms with van der Waals surface area (Å²) in [7, 11) is 0. The number of thiocarbonyl (C=S) groups is 1. The Balaban J connectivity index is 2.18. The van der Waals surface area contributed by atoms with Crippen LogP contribution in [0.15, 0.2) is 24.3 Å². The van der Waals surface area contributed by atoms with Crippen molar-refractivity contribution in [2.75, 3.05) is 25.4 Å². The molecule has 114 valence electrons. The fourth-order valence-corrected chi connectivity index (χ4v) is 2.51. The van der Waals surface area contributed by atoms with E-state index in [-0.39, 0.29) is 19.1 Å². The predicted molar refractivity (Wildman–Crippen MR) is 84.7 cm³/mol. The van der Waals surface area contributed by atoms with Crippen LogP contribution in [-0.4, -0.2) is 52.5 Å². The van der Waals surface area contributed by atoms with E-state index in [9.17, 15) is 14.4 Å². The summed E-state index contributed by atoms with van der Waals surface area (Å²) < 4.78 is 5.26. The van der Waals surface area contributed by atoms with Gasteiger partial charge in [0.15, 0.2) is 6.61 Å². The molecule has 2 amide bonds. The number of amides is 2. The van der Waals surface area contributed by atoms with E-state index in [0.29, 0.717) is 16.6 Å². The first-order valence-electron chi connectivity index (χ1n) is 6.24. The topological polar surface area (TPSA) is 75.7 Å². The van der Waals surface area contributed by atoms with Crippen LogP contribution in [0.3, 0.4) is 0 Å². The van der Waals surface area contributed by atoms with Gasteiger partial charge in [-0.25, -0.2) is 4.79 Å². The van der Waals surface area contributed by atoms with Gasteiger partial charge in [0.1, 0.15) is 4.32 Å². The van der Waals surface area contributed by atoms with Crippen LogP contribution in [0.1, 0.15) is 6.92 Å². The van der Waals surface area contributed by atoms with Crippen molar-refractivity contribution in [3.63, 3.8) is 0 Å². The normalized spacial score (nSPS) is 15.2. The summed E-state index contributed by atoms with van der Waals surface area (Å²) in [5, 5.41) is 2.56. The molecule has 1 fully saturated rings. The minimum Gasteiger partial charge on any atom is -0.452 e. The second kappa shape index (κ2) is 9.30. The van der Waals surface area contributed by atoms with Gasteiger partial charge in [-0.05, 0) is 6.92 Å². The van der Waals surface area contributed by atoms with Crippen LogP contribution in [0.5, 0.6) is 0 Å². The average molecular weight is 328 g/mol. The number of ether oxygens (including phenoxy) is 1. The van der Waals surface area contributed by atoms with E-state index in [1.807, 2.05) is 6.92 Å². The molecule has 0 spiro atoms. The van der Waals surface area contributed by atoms with Crippen molar-refractivity contribution in [2.24, 2.45) is 0 Å². The van der Waals surface area contributed by atoms with E-state index in [1.165, 1.54) is 28.8 Å². The molecule has 0 atom stereocenters. The SMILES string of the molecule is C/C=C/C=C/C(=O)OCC(=O)NCCN1C(=O)CSC1=S. The molecule has 0 aromatic rings. The van der Waals surface area contributed by atoms with Gasteiger partial charge in [0.05, 0.1) is 5.75 Å². The third-order valence-electron chi connectivity index (χ3n) is 2.38. The Hall–Kier alpha value is -1.67. The van der Waals surface area contributed by atoms with Crippen molar-refractivity contribution >= 4 is 46.1 Å². The zero-order valence-corrected chi connectivity index (χ0v) is 13.2. The highest BCUT2D eigenvalue weighted by Crippen LogP contribution is 2.18. The lowest BCUT2D eigenvalue weighted by atomic mass is 10.4. The molecule has 1 heterocycles. The summed E-state index contributed by atoms with van der Waals surface area (Å²) in [4.78, 5) is 35.5. The molecule has 21 heavy (non-hydrogen) atoms. The summed E-state index contributed by atoms with van der Waals surface area (Å²) in [6.07, 6.45) is 6.19. The van der Waals surface area contributed by atoms with Gasteiger partial charge >= 0.3 is 5.97 Å². The van der Waals surface area contributed by atoms with Crippen LogP contribution in [0.4, 0.5) is 0 Å². The summed E-state index contributed by atoms with van der Waals surface area (Å²) >= 11 is 6.31. The van der Waals surface area contributed by atoms with Crippen molar-refractivity contribution in [1.29, 1.82) is 0 Å². The lowest BCUT2D eigenvalue weighted by Gasteiger charge is -2.14. The number of hydrogen-bond donors (Lipinski definition) is 1. The molecule has 0 aromatic heterocycles. The highest BCUT2D eigenvalue weighted by atomic mass is 32.2. The Morgan fingerprint density at radius 3 is 2.86 bits per heavy atom. The Morgan fingerprint density at radius 1 is 1.48 bits per heavy atom. The van der Waals surface area contributed by atoms with E-state index < -0.39 is 11.9 Å². The standard InChI is InChI=1S/C13H16N2O4S2/c1-2-3-4-5-12(18)19-8-10(16)14-6-7-15-11(17)9-21-13(15)20/h2-5H,6-9H2,1H3,(H,14,16)/b3-2+,5-4+. The van der Waals surface area contributed by atoms with Crippen molar-refractivity contribution < 1.29 is 19.1 Å². The zero-order chi connectivity index (χ0) is 15.7. The number of allylic oxidation sites excluding steroid dienone is 3. The van der Waals surface area contributed by atoms with E-state index in [1.54, 1.807) is 12.2 Å². The van der Waals surface area contributed by atoms with E-state index in [0.717, 1.165) is 0 Å². The van der Waals surface area contributed by atoms with Crippen molar-refractivity contribution in [2.45, 2.75) is 6.92 Å². The van der Waals surface area contributed by atoms with Crippen LogP contribution < -0.4 is 5.32 Å². The molecule has 0 unspecified atom stereocenters. The molecule has 0 bridgehead atoms. The van der Waals surface area contributed by atoms with Crippen LogP contribution in [-0.2, 0) is 19.1 Å². The number of rotatable bonds is 7. The predicted octanol–water partition coefficient (Wildman–Crippen LogP) is 0.638. The maximum Gasteiger partial charge on any atom is 0.331 e. The average Bonchev–Trinajstić information content (AvgIpc) is 2.77. The summed E-state index contributed by atoms with van der Waals surface area (Å²) in [6.45, 7) is 2.05. The third-order valence-corrected chi connectivity index (χ3v) is 3.81. The molecular weight excluding hydrogens is 312 g/mol. The first-order valence-corrected chi connectivity index (χ1v) is 7.64. The van der Waals surface area contributed by atoms with Crippen LogP contribution >= 0.6 is 24.0 Å². The number of carbonyl (C=O) groups excluding carboxylic acids is 3. The van der Waals surface area contributed by atoms with E-state index >= 15 is 0 Å². The third kappa shape index (κ3) is 6.54. The van der Waals surface area contributed by atoms with Gasteiger partial charge in [-0.1, -0.05) is 42.2 Å². The summed E-state index contributed by atoms with van der Waals surface area (Å²) in [5.74, 6) is -0.716. The molecule has 8 heteroatoms. The molecule has 6 nitrogen and oxygen atoms in total. The van der Waals surface area contributed by atoms with Gasteiger partial charge < -0.3 is 10.1 Å². The maximum atomic E-state index is 11.4. The number of esters is 1. The van der Waals surface area contributed by atoms with Gasteiger partial charge in [0.25, 0.3) is 5.91 Å². The molecular formula is C13H16N2O4S2. The minimum absolute atomic E-state index is 0.0557. The number of thioether (sulfide) groups is 1. The first-order chi connectivity index (χ1) is 10.0. The van der Waals surface area contributed by atoms with Gasteiger partial charge in [-0.15, -0.1) is 0 Å². The summed E-state index contributed by atoms with van der Waals surface area (Å²) in [6, 6.07) is 0. The number of carbonyl (C=O) groups is 3. The summed E-state index contributed by atoms with van der Waals surface area (Å²) in [5.41, 5.74) is 0. The largest absolute Gasteiger partial charge is 0.452 e. The lowest BCUT2D eigenvalue weighted by Crippen LogP contribution is -2.38. The fourth-order valence-electron chi connectivity index (χ4n) is 1.39. The lowest BCUT2D eigenvalue weighted by molar-refractivity contribution is -0.143. The smallest absolute Gasteiger partial charge is 0.331 e. The fraction of sp³-hybridized carbons (Fsp3) is 0.385. The van der Waals surface area contributed by atoms with E-state index in [4.69, 9.17) is 17.0 Å². The Labute approximate surface area is 132 Å². The molecule has 1 aliphatic heterocycles. The van der Waals surface area contributed by atoms with Crippen molar-refractivity contribution in [3.8, 4) is 0 Å². The molecule has 1 rings (SSSR count). The Kier molecular flexibility index (Phi) is 7.70. The van der Waals surface area contributed by atoms with Crippen LogP contribution in [0.2, 0.25) is 0 Å². The zero-order valence-electron chi connectivity index (χ0n) is 11.5. The monoisotopic (exact) mass is 328 g/mol. The minimum atomic E-state index is -0.587. The quantitative estimate of drug-likeness (QED) is 0.320. The maximum absolute atomic E-state index is 11.4.